The molecular formula is C12H17N3O2. The highest BCUT2D eigenvalue weighted by molar-refractivity contribution is 5.86. The molecule has 0 radical (unpaired) electrons. The molecule has 0 bridgehead atoms. The van der Waals surface area contributed by atoms with E-state index >= 15 is 0 Å². The predicted molar refractivity (Wildman–Crippen MR) is 64.2 cm³/mol. The van der Waals surface area contributed by atoms with E-state index in [1.165, 1.54) is 25.2 Å². The number of carboxylic acids is 1. The van der Waals surface area contributed by atoms with Crippen LogP contribution in [0.15, 0.2) is 12.4 Å². The van der Waals surface area contributed by atoms with Gasteiger partial charge in [0.15, 0.2) is 0 Å². The van der Waals surface area contributed by atoms with Crippen molar-refractivity contribution in [1.82, 2.24) is 9.97 Å². The Morgan fingerprint density at radius 1 is 1.47 bits per heavy atom. The molecule has 1 N–H and O–H groups in total. The molecule has 1 fully saturated rings. The van der Waals surface area contributed by atoms with Gasteiger partial charge in [-0.05, 0) is 32.6 Å². The van der Waals surface area contributed by atoms with E-state index in [-0.39, 0.29) is 5.56 Å². The molecule has 0 saturated heterocycles. The number of carboxylic acid groups (broad SMARTS) is 1. The summed E-state index contributed by atoms with van der Waals surface area (Å²) in [7, 11) is 0. The highest BCUT2D eigenvalue weighted by atomic mass is 16.4. The normalized spacial score (nSPS) is 15.0. The van der Waals surface area contributed by atoms with Gasteiger partial charge in [-0.1, -0.05) is 0 Å². The molecule has 17 heavy (non-hydrogen) atoms. The lowest BCUT2D eigenvalue weighted by molar-refractivity contribution is 0.0696. The monoisotopic (exact) mass is 235 g/mol. The van der Waals surface area contributed by atoms with Crippen molar-refractivity contribution in [2.75, 3.05) is 11.4 Å². The quantitative estimate of drug-likeness (QED) is 0.843. The van der Waals surface area contributed by atoms with Crippen LogP contribution >= 0.6 is 0 Å². The van der Waals surface area contributed by atoms with E-state index in [9.17, 15) is 4.79 Å². The summed E-state index contributed by atoms with van der Waals surface area (Å²) in [4.78, 5) is 21.1. The number of aromatic nitrogens is 2. The second kappa shape index (κ2) is 4.69. The first kappa shape index (κ1) is 11.8. The standard InChI is InChI=1S/C12H17N3O2/c1-8(2)15(7-9-3-4-9)12-13-5-10(6-14-12)11(16)17/h5-6,8-9H,3-4,7H2,1-2H3,(H,16,17). The maximum absolute atomic E-state index is 10.7. The number of rotatable bonds is 5. The first-order chi connectivity index (χ1) is 8.08. The average molecular weight is 235 g/mol. The van der Waals surface area contributed by atoms with Crippen LogP contribution in [0.25, 0.3) is 0 Å². The van der Waals surface area contributed by atoms with Gasteiger partial charge in [0.1, 0.15) is 0 Å². The zero-order chi connectivity index (χ0) is 12.4. The topological polar surface area (TPSA) is 66.3 Å². The second-order valence-electron chi connectivity index (χ2n) is 4.77. The lowest BCUT2D eigenvalue weighted by atomic mass is 10.3. The summed E-state index contributed by atoms with van der Waals surface area (Å²) < 4.78 is 0. The fourth-order valence-corrected chi connectivity index (χ4v) is 1.68. The molecule has 5 heteroatoms. The fourth-order valence-electron chi connectivity index (χ4n) is 1.68. The Kier molecular flexibility index (Phi) is 3.26. The maximum atomic E-state index is 10.7. The number of nitrogens with zero attached hydrogens (tertiary/aromatic N) is 3. The molecule has 1 saturated carbocycles. The number of anilines is 1. The third-order valence-corrected chi connectivity index (χ3v) is 2.92. The molecule has 1 aliphatic rings. The first-order valence-corrected chi connectivity index (χ1v) is 5.90. The summed E-state index contributed by atoms with van der Waals surface area (Å²) in [6, 6.07) is 0.325. The summed E-state index contributed by atoms with van der Waals surface area (Å²) in [6.45, 7) is 5.15. The zero-order valence-corrected chi connectivity index (χ0v) is 10.1. The van der Waals surface area contributed by atoms with Crippen molar-refractivity contribution in [3.63, 3.8) is 0 Å². The van der Waals surface area contributed by atoms with E-state index in [0.717, 1.165) is 12.5 Å². The smallest absolute Gasteiger partial charge is 0.338 e. The minimum atomic E-state index is -0.991. The number of hydrogen-bond donors (Lipinski definition) is 1. The molecular weight excluding hydrogens is 218 g/mol. The number of hydrogen-bond acceptors (Lipinski definition) is 4. The highest BCUT2D eigenvalue weighted by Gasteiger charge is 2.26. The van der Waals surface area contributed by atoms with Crippen LogP contribution < -0.4 is 4.90 Å². The van der Waals surface area contributed by atoms with E-state index < -0.39 is 5.97 Å². The third-order valence-electron chi connectivity index (χ3n) is 2.92. The Morgan fingerprint density at radius 3 is 2.47 bits per heavy atom. The summed E-state index contributed by atoms with van der Waals surface area (Å²) in [5, 5.41) is 8.79. The molecule has 1 aromatic heterocycles. The zero-order valence-electron chi connectivity index (χ0n) is 10.1. The van der Waals surface area contributed by atoms with Gasteiger partial charge < -0.3 is 10.0 Å². The Labute approximate surface area is 100 Å². The Bertz CT molecular complexity index is 399. The van der Waals surface area contributed by atoms with E-state index in [2.05, 4.69) is 28.7 Å². The third kappa shape index (κ3) is 2.93. The van der Waals surface area contributed by atoms with Crippen LogP contribution in [0.5, 0.6) is 0 Å². The van der Waals surface area contributed by atoms with Crippen LogP contribution in [0.3, 0.4) is 0 Å². The van der Waals surface area contributed by atoms with Crippen LogP contribution in [0.1, 0.15) is 37.0 Å². The van der Waals surface area contributed by atoms with Gasteiger partial charge in [-0.3, -0.25) is 0 Å². The van der Waals surface area contributed by atoms with Crippen LogP contribution in [0.4, 0.5) is 5.95 Å². The van der Waals surface area contributed by atoms with Gasteiger partial charge in [0.25, 0.3) is 0 Å². The summed E-state index contributed by atoms with van der Waals surface area (Å²) >= 11 is 0. The molecule has 5 nitrogen and oxygen atoms in total. The van der Waals surface area contributed by atoms with Gasteiger partial charge in [0, 0.05) is 25.0 Å². The number of aromatic carboxylic acids is 1. The molecule has 0 spiro atoms. The summed E-state index contributed by atoms with van der Waals surface area (Å²) in [6.07, 6.45) is 5.28. The SMILES string of the molecule is CC(C)N(CC1CC1)c1ncc(C(=O)O)cn1. The molecule has 1 aliphatic carbocycles. The van der Waals surface area contributed by atoms with Crippen molar-refractivity contribution in [3.05, 3.63) is 18.0 Å². The van der Waals surface area contributed by atoms with E-state index in [0.29, 0.717) is 12.0 Å². The van der Waals surface area contributed by atoms with Gasteiger partial charge >= 0.3 is 5.97 Å². The molecule has 0 unspecified atom stereocenters. The largest absolute Gasteiger partial charge is 0.478 e. The Morgan fingerprint density at radius 2 is 2.06 bits per heavy atom. The van der Waals surface area contributed by atoms with Gasteiger partial charge in [-0.25, -0.2) is 14.8 Å². The van der Waals surface area contributed by atoms with E-state index in [1.54, 1.807) is 0 Å². The number of carbonyl (C=O) groups is 1. The molecule has 0 aromatic carbocycles. The van der Waals surface area contributed by atoms with Crippen molar-refractivity contribution >= 4 is 11.9 Å². The predicted octanol–water partition coefficient (Wildman–Crippen LogP) is 1.80. The van der Waals surface area contributed by atoms with Crippen LogP contribution in [0, 0.1) is 5.92 Å². The van der Waals surface area contributed by atoms with Crippen molar-refractivity contribution in [2.45, 2.75) is 32.7 Å². The highest BCUT2D eigenvalue weighted by Crippen LogP contribution is 2.31. The lowest BCUT2D eigenvalue weighted by Gasteiger charge is -2.26. The molecule has 1 aromatic rings. The summed E-state index contributed by atoms with van der Waals surface area (Å²) in [5.41, 5.74) is 0.129. The van der Waals surface area contributed by atoms with Crippen molar-refractivity contribution < 1.29 is 9.90 Å². The lowest BCUT2D eigenvalue weighted by Crippen LogP contribution is -2.34. The minimum absolute atomic E-state index is 0.129. The van der Waals surface area contributed by atoms with Gasteiger partial charge in [-0.15, -0.1) is 0 Å². The minimum Gasteiger partial charge on any atom is -0.478 e. The molecule has 0 aliphatic heterocycles. The molecule has 92 valence electrons. The molecule has 1 heterocycles. The van der Waals surface area contributed by atoms with Crippen molar-refractivity contribution in [1.29, 1.82) is 0 Å². The van der Waals surface area contributed by atoms with Crippen LogP contribution in [-0.2, 0) is 0 Å². The molecule has 0 atom stereocenters. The van der Waals surface area contributed by atoms with Crippen molar-refractivity contribution in [3.8, 4) is 0 Å². The van der Waals surface area contributed by atoms with E-state index in [1.807, 2.05) is 0 Å². The van der Waals surface area contributed by atoms with Crippen molar-refractivity contribution in [2.24, 2.45) is 5.92 Å². The van der Waals surface area contributed by atoms with Gasteiger partial charge in [0.05, 0.1) is 5.56 Å². The molecule has 2 rings (SSSR count). The second-order valence-corrected chi connectivity index (χ2v) is 4.77. The van der Waals surface area contributed by atoms with Gasteiger partial charge in [0.2, 0.25) is 5.95 Å². The maximum Gasteiger partial charge on any atom is 0.338 e. The summed E-state index contributed by atoms with van der Waals surface area (Å²) in [5.74, 6) is 0.381. The Balaban J connectivity index is 2.14. The molecule has 0 amide bonds. The van der Waals surface area contributed by atoms with Gasteiger partial charge in [-0.2, -0.15) is 0 Å². The first-order valence-electron chi connectivity index (χ1n) is 5.90. The fraction of sp³-hybridized carbons (Fsp3) is 0.583. The Hall–Kier alpha value is -1.65. The van der Waals surface area contributed by atoms with Crippen LogP contribution in [-0.4, -0.2) is 33.6 Å². The average Bonchev–Trinajstić information content (AvgIpc) is 3.09. The van der Waals surface area contributed by atoms with E-state index in [4.69, 9.17) is 5.11 Å². The van der Waals surface area contributed by atoms with Crippen LogP contribution in [0.2, 0.25) is 0 Å².